The highest BCUT2D eigenvalue weighted by atomic mass is 19.4. The number of hydrogen-bond acceptors (Lipinski definition) is 3. The summed E-state index contributed by atoms with van der Waals surface area (Å²) in [5.41, 5.74) is -0.311. The summed E-state index contributed by atoms with van der Waals surface area (Å²) in [4.78, 5) is 15.6. The highest BCUT2D eigenvalue weighted by molar-refractivity contribution is 5.78. The topological polar surface area (TPSA) is 32.8 Å². The molecule has 2 saturated heterocycles. The van der Waals surface area contributed by atoms with E-state index >= 15 is 0 Å². The van der Waals surface area contributed by atoms with Crippen LogP contribution in [0.1, 0.15) is 26.7 Å². The number of carbonyl (C=O) groups excluding carboxylic acids is 1. The van der Waals surface area contributed by atoms with E-state index in [2.05, 4.69) is 0 Å². The Bertz CT molecular complexity index is 385. The van der Waals surface area contributed by atoms with Crippen molar-refractivity contribution < 1.29 is 22.7 Å². The predicted octanol–water partition coefficient (Wildman–Crippen LogP) is 1.90. The average molecular weight is 308 g/mol. The maximum absolute atomic E-state index is 12.8. The van der Waals surface area contributed by atoms with Crippen LogP contribution in [0.2, 0.25) is 0 Å². The van der Waals surface area contributed by atoms with Gasteiger partial charge in [-0.3, -0.25) is 9.69 Å². The number of rotatable bonds is 2. The number of hydrogen-bond donors (Lipinski definition) is 0. The summed E-state index contributed by atoms with van der Waals surface area (Å²) < 4.78 is 43.9. The van der Waals surface area contributed by atoms with Crippen LogP contribution >= 0.6 is 0 Å². The molecule has 0 aliphatic carbocycles. The lowest BCUT2D eigenvalue weighted by molar-refractivity contribution is -0.188. The van der Waals surface area contributed by atoms with Crippen molar-refractivity contribution >= 4 is 5.91 Å². The SMILES string of the molecule is CC1(C)CN(CC(=O)N2CCCC(C(F)(F)F)C2)CCO1. The minimum atomic E-state index is -4.21. The number of morpholine rings is 1. The molecule has 1 amide bonds. The molecule has 7 heteroatoms. The molecule has 122 valence electrons. The third kappa shape index (κ3) is 4.57. The van der Waals surface area contributed by atoms with Crippen molar-refractivity contribution in [3.8, 4) is 0 Å². The van der Waals surface area contributed by atoms with Crippen LogP contribution in [0.25, 0.3) is 0 Å². The van der Waals surface area contributed by atoms with Gasteiger partial charge in [-0.25, -0.2) is 0 Å². The molecule has 21 heavy (non-hydrogen) atoms. The van der Waals surface area contributed by atoms with E-state index in [0.29, 0.717) is 32.7 Å². The van der Waals surface area contributed by atoms with Crippen molar-refractivity contribution in [2.75, 3.05) is 39.3 Å². The Morgan fingerprint density at radius 2 is 2.05 bits per heavy atom. The Labute approximate surface area is 123 Å². The molecule has 1 atom stereocenters. The van der Waals surface area contributed by atoms with E-state index in [4.69, 9.17) is 4.74 Å². The molecule has 0 bridgehead atoms. The molecule has 0 aromatic rings. The first-order valence-corrected chi connectivity index (χ1v) is 7.38. The molecule has 2 rings (SSSR count). The lowest BCUT2D eigenvalue weighted by atomic mass is 9.97. The molecule has 4 nitrogen and oxygen atoms in total. The van der Waals surface area contributed by atoms with Gasteiger partial charge in [0.1, 0.15) is 0 Å². The summed E-state index contributed by atoms with van der Waals surface area (Å²) in [5, 5.41) is 0. The number of ether oxygens (including phenoxy) is 1. The van der Waals surface area contributed by atoms with E-state index in [1.54, 1.807) is 0 Å². The van der Waals surface area contributed by atoms with E-state index in [0.717, 1.165) is 0 Å². The van der Waals surface area contributed by atoms with Crippen molar-refractivity contribution in [3.63, 3.8) is 0 Å². The second-order valence-corrected chi connectivity index (χ2v) is 6.54. The van der Waals surface area contributed by atoms with Crippen molar-refractivity contribution in [2.24, 2.45) is 5.92 Å². The van der Waals surface area contributed by atoms with Crippen LogP contribution in [0.15, 0.2) is 0 Å². The number of piperidine rings is 1. The Balaban J connectivity index is 1.88. The number of nitrogens with zero attached hydrogens (tertiary/aromatic N) is 2. The Morgan fingerprint density at radius 1 is 1.33 bits per heavy atom. The molecule has 2 aliphatic heterocycles. The van der Waals surface area contributed by atoms with Gasteiger partial charge in [0.2, 0.25) is 5.91 Å². The smallest absolute Gasteiger partial charge is 0.373 e. The van der Waals surface area contributed by atoms with Crippen LogP contribution in [-0.4, -0.2) is 66.8 Å². The average Bonchev–Trinajstić information content (AvgIpc) is 2.36. The maximum atomic E-state index is 12.8. The van der Waals surface area contributed by atoms with E-state index < -0.39 is 12.1 Å². The lowest BCUT2D eigenvalue weighted by Crippen LogP contribution is -2.53. The zero-order chi connectivity index (χ0) is 15.7. The minimum absolute atomic E-state index is 0.123. The van der Waals surface area contributed by atoms with Crippen molar-refractivity contribution in [3.05, 3.63) is 0 Å². The first-order valence-electron chi connectivity index (χ1n) is 7.38. The number of likely N-dealkylation sites (tertiary alicyclic amines) is 1. The van der Waals surface area contributed by atoms with Crippen molar-refractivity contribution in [2.45, 2.75) is 38.5 Å². The lowest BCUT2D eigenvalue weighted by Gasteiger charge is -2.39. The predicted molar refractivity (Wildman–Crippen MR) is 71.8 cm³/mol. The van der Waals surface area contributed by atoms with E-state index in [1.807, 2.05) is 18.7 Å². The molecular formula is C14H23F3N2O2. The van der Waals surface area contributed by atoms with Gasteiger partial charge in [-0.1, -0.05) is 0 Å². The quantitative estimate of drug-likeness (QED) is 0.781. The first-order chi connectivity index (χ1) is 9.67. The van der Waals surface area contributed by atoms with Crippen LogP contribution in [0, 0.1) is 5.92 Å². The van der Waals surface area contributed by atoms with Crippen LogP contribution < -0.4 is 0 Å². The zero-order valence-electron chi connectivity index (χ0n) is 12.6. The highest BCUT2D eigenvalue weighted by Crippen LogP contribution is 2.33. The Hall–Kier alpha value is -0.820. The third-order valence-corrected chi connectivity index (χ3v) is 4.10. The van der Waals surface area contributed by atoms with Crippen LogP contribution in [0.5, 0.6) is 0 Å². The van der Waals surface area contributed by atoms with E-state index in [-0.39, 0.29) is 31.0 Å². The van der Waals surface area contributed by atoms with Gasteiger partial charge in [0.15, 0.2) is 0 Å². The number of alkyl halides is 3. The standard InChI is InChI=1S/C14H23F3N2O2/c1-13(2)10-18(6-7-21-13)9-12(20)19-5-3-4-11(8-19)14(15,16)17/h11H,3-10H2,1-2H3. The van der Waals surface area contributed by atoms with Gasteiger partial charge < -0.3 is 9.64 Å². The Kier molecular flexibility index (Phi) is 4.82. The summed E-state index contributed by atoms with van der Waals surface area (Å²) in [7, 11) is 0. The molecule has 2 heterocycles. The van der Waals surface area contributed by atoms with Gasteiger partial charge in [0, 0.05) is 26.2 Å². The third-order valence-electron chi connectivity index (χ3n) is 4.10. The van der Waals surface area contributed by atoms with E-state index in [9.17, 15) is 18.0 Å². The molecule has 0 saturated carbocycles. The van der Waals surface area contributed by atoms with Gasteiger partial charge in [-0.2, -0.15) is 13.2 Å². The molecule has 0 N–H and O–H groups in total. The summed E-state index contributed by atoms with van der Waals surface area (Å²) in [6.45, 7) is 6.12. The summed E-state index contributed by atoms with van der Waals surface area (Å²) >= 11 is 0. The van der Waals surface area contributed by atoms with Crippen LogP contribution in [0.3, 0.4) is 0 Å². The highest BCUT2D eigenvalue weighted by Gasteiger charge is 2.42. The summed E-state index contributed by atoms with van der Waals surface area (Å²) in [6.07, 6.45) is -3.66. The number of amides is 1. The van der Waals surface area contributed by atoms with Crippen LogP contribution in [0.4, 0.5) is 13.2 Å². The largest absolute Gasteiger partial charge is 0.393 e. The van der Waals surface area contributed by atoms with Gasteiger partial charge >= 0.3 is 6.18 Å². The summed E-state index contributed by atoms with van der Waals surface area (Å²) in [6, 6.07) is 0. The Morgan fingerprint density at radius 3 is 2.67 bits per heavy atom. The molecular weight excluding hydrogens is 285 g/mol. The fourth-order valence-electron chi connectivity index (χ4n) is 3.01. The molecule has 2 aliphatic rings. The molecule has 0 aromatic carbocycles. The second-order valence-electron chi connectivity index (χ2n) is 6.54. The molecule has 0 radical (unpaired) electrons. The van der Waals surface area contributed by atoms with Crippen molar-refractivity contribution in [1.82, 2.24) is 9.80 Å². The zero-order valence-corrected chi connectivity index (χ0v) is 12.6. The fraction of sp³-hybridized carbons (Fsp3) is 0.929. The molecule has 0 spiro atoms. The monoisotopic (exact) mass is 308 g/mol. The first kappa shape index (κ1) is 16.5. The van der Waals surface area contributed by atoms with Crippen LogP contribution in [-0.2, 0) is 9.53 Å². The van der Waals surface area contributed by atoms with E-state index in [1.165, 1.54) is 4.90 Å². The van der Waals surface area contributed by atoms with Gasteiger partial charge in [0.25, 0.3) is 0 Å². The minimum Gasteiger partial charge on any atom is -0.373 e. The summed E-state index contributed by atoms with van der Waals surface area (Å²) in [5.74, 6) is -1.59. The van der Waals surface area contributed by atoms with Gasteiger partial charge in [-0.05, 0) is 26.7 Å². The molecule has 1 unspecified atom stereocenters. The van der Waals surface area contributed by atoms with Gasteiger partial charge in [0.05, 0.1) is 24.7 Å². The molecule has 0 aromatic heterocycles. The normalized spacial score (nSPS) is 27.7. The molecule has 2 fully saturated rings. The fourth-order valence-corrected chi connectivity index (χ4v) is 3.01. The number of halogens is 3. The second kappa shape index (κ2) is 6.12. The van der Waals surface area contributed by atoms with Crippen molar-refractivity contribution in [1.29, 1.82) is 0 Å². The maximum Gasteiger partial charge on any atom is 0.393 e. The van der Waals surface area contributed by atoms with Gasteiger partial charge in [-0.15, -0.1) is 0 Å². The number of carbonyl (C=O) groups is 1.